The van der Waals surface area contributed by atoms with E-state index in [0.29, 0.717) is 49.2 Å². The number of morpholine rings is 1. The lowest BCUT2D eigenvalue weighted by Crippen LogP contribution is -2.52. The maximum atomic E-state index is 13.1. The molecule has 42 heavy (non-hydrogen) atoms. The normalized spacial score (nSPS) is 17.4. The summed E-state index contributed by atoms with van der Waals surface area (Å²) in [5.41, 5.74) is 1.55. The molecule has 1 saturated heterocycles. The van der Waals surface area contributed by atoms with E-state index in [1.165, 1.54) is 0 Å². The largest absolute Gasteiger partial charge is 0.489 e. The average molecular weight is 618 g/mol. The Morgan fingerprint density at radius 2 is 2.10 bits per heavy atom. The van der Waals surface area contributed by atoms with Crippen LogP contribution in [0.4, 0.5) is 4.79 Å². The molecule has 2 aliphatic heterocycles. The summed E-state index contributed by atoms with van der Waals surface area (Å²) in [7, 11) is 0. The van der Waals surface area contributed by atoms with E-state index in [0.717, 1.165) is 28.0 Å². The van der Waals surface area contributed by atoms with Crippen molar-refractivity contribution in [3.05, 3.63) is 64.1 Å². The molecule has 3 N–H and O–H groups in total. The second-order valence-corrected chi connectivity index (χ2v) is 12.1. The number of nitrogens with zero attached hydrogens (tertiary/aromatic N) is 2. The Balaban J connectivity index is 1.42. The van der Waals surface area contributed by atoms with Crippen LogP contribution in [0.25, 0.3) is 0 Å². The molecule has 1 aromatic carbocycles. The van der Waals surface area contributed by atoms with Crippen molar-refractivity contribution in [2.75, 3.05) is 32.9 Å². The number of hydrogen-bond acceptors (Lipinski definition) is 9. The lowest BCUT2D eigenvalue weighted by Gasteiger charge is -2.36. The van der Waals surface area contributed by atoms with Gasteiger partial charge in [0.25, 0.3) is 11.8 Å². The van der Waals surface area contributed by atoms with Gasteiger partial charge in [-0.05, 0) is 63.4 Å². The van der Waals surface area contributed by atoms with Gasteiger partial charge < -0.3 is 24.8 Å². The minimum atomic E-state index is -0.615. The first-order chi connectivity index (χ1) is 20.0. The van der Waals surface area contributed by atoms with Crippen molar-refractivity contribution in [1.82, 2.24) is 25.2 Å². The summed E-state index contributed by atoms with van der Waals surface area (Å²) < 4.78 is 20.0. The van der Waals surface area contributed by atoms with Crippen LogP contribution in [0.15, 0.2) is 52.8 Å². The van der Waals surface area contributed by atoms with Gasteiger partial charge >= 0.3 is 6.09 Å². The van der Waals surface area contributed by atoms with E-state index in [9.17, 15) is 14.4 Å². The fraction of sp³-hybridized carbons (Fsp3) is 0.448. The zero-order valence-corrected chi connectivity index (χ0v) is 25.7. The molecule has 4 rings (SSSR count). The van der Waals surface area contributed by atoms with Gasteiger partial charge in [0.2, 0.25) is 0 Å². The Bertz CT molecular complexity index is 1350. The van der Waals surface area contributed by atoms with Crippen LogP contribution in [0.5, 0.6) is 5.75 Å². The molecule has 226 valence electrons. The molecule has 1 atom stereocenters. The molecule has 13 heteroatoms. The molecule has 0 radical (unpaired) electrons. The zero-order valence-electron chi connectivity index (χ0n) is 24.1. The minimum absolute atomic E-state index is 0.0253. The van der Waals surface area contributed by atoms with Gasteiger partial charge in [0, 0.05) is 53.4 Å². The third kappa shape index (κ3) is 8.30. The van der Waals surface area contributed by atoms with Crippen LogP contribution in [0.3, 0.4) is 0 Å². The van der Waals surface area contributed by atoms with Crippen LogP contribution in [0, 0.1) is 6.92 Å². The number of nitrogens with one attached hydrogen (secondary N) is 3. The predicted molar refractivity (Wildman–Crippen MR) is 159 cm³/mol. The van der Waals surface area contributed by atoms with Crippen molar-refractivity contribution in [1.29, 1.82) is 0 Å². The van der Waals surface area contributed by atoms with Crippen molar-refractivity contribution >= 4 is 41.5 Å². The summed E-state index contributed by atoms with van der Waals surface area (Å²) in [4.78, 5) is 45.2. The number of halogens is 1. The highest BCUT2D eigenvalue weighted by Gasteiger charge is 2.32. The standard InChI is InChI=1S/C29H36ClN5O6S/c1-18-21(30)6-5-7-24(18)42-34-27(37)25-22(9-11-32-26(25)36)33-14-19-8-10-31-15-23(19)40-17-20-16-39-13-12-35(20)28(38)41-29(2,3)4/h5-8,10,15,20,33H,9,11-14,16-17H2,1-4H3,(H,32,36)(H,34,37)/t20-/m1/s1. The molecule has 0 spiro atoms. The maximum Gasteiger partial charge on any atom is 0.410 e. The number of carbonyl (C=O) groups excluding carboxylic acids is 3. The molecule has 1 fully saturated rings. The smallest absolute Gasteiger partial charge is 0.410 e. The van der Waals surface area contributed by atoms with Crippen molar-refractivity contribution in [3.63, 3.8) is 0 Å². The maximum absolute atomic E-state index is 13.1. The Labute approximate surface area is 254 Å². The molecule has 2 aliphatic rings. The topological polar surface area (TPSA) is 131 Å². The lowest BCUT2D eigenvalue weighted by molar-refractivity contribution is -0.123. The van der Waals surface area contributed by atoms with Gasteiger partial charge in [0.1, 0.15) is 23.5 Å². The van der Waals surface area contributed by atoms with Crippen LogP contribution < -0.4 is 20.1 Å². The number of hydrogen-bond donors (Lipinski definition) is 3. The lowest BCUT2D eigenvalue weighted by atomic mass is 10.1. The quantitative estimate of drug-likeness (QED) is 0.284. The van der Waals surface area contributed by atoms with E-state index in [-0.39, 0.29) is 24.8 Å². The number of ether oxygens (including phenoxy) is 3. The molecule has 3 heterocycles. The van der Waals surface area contributed by atoms with Crippen molar-refractivity contribution in [2.45, 2.75) is 57.2 Å². The van der Waals surface area contributed by atoms with Gasteiger partial charge in [-0.25, -0.2) is 4.79 Å². The van der Waals surface area contributed by atoms with Gasteiger partial charge in [0.05, 0.1) is 25.5 Å². The number of benzene rings is 1. The number of amides is 3. The van der Waals surface area contributed by atoms with Crippen molar-refractivity contribution in [3.8, 4) is 5.75 Å². The molecule has 2 aromatic rings. The Kier molecular flexibility index (Phi) is 10.6. The fourth-order valence-corrected chi connectivity index (χ4v) is 5.29. The van der Waals surface area contributed by atoms with Gasteiger partial charge in [-0.2, -0.15) is 0 Å². The van der Waals surface area contributed by atoms with E-state index < -0.39 is 23.5 Å². The van der Waals surface area contributed by atoms with Crippen LogP contribution in [-0.2, 0) is 25.6 Å². The summed E-state index contributed by atoms with van der Waals surface area (Å²) in [6, 6.07) is 6.88. The van der Waals surface area contributed by atoms with E-state index >= 15 is 0 Å². The molecule has 11 nitrogen and oxygen atoms in total. The monoisotopic (exact) mass is 617 g/mol. The van der Waals surface area contributed by atoms with Crippen LogP contribution >= 0.6 is 23.5 Å². The van der Waals surface area contributed by atoms with Gasteiger partial charge in [-0.3, -0.25) is 24.2 Å². The summed E-state index contributed by atoms with van der Waals surface area (Å²) in [6.45, 7) is 9.35. The summed E-state index contributed by atoms with van der Waals surface area (Å²) in [5, 5.41) is 6.59. The third-order valence-electron chi connectivity index (χ3n) is 6.54. The van der Waals surface area contributed by atoms with Crippen molar-refractivity contribution < 1.29 is 28.6 Å². The van der Waals surface area contributed by atoms with Crippen LogP contribution in [0.2, 0.25) is 5.02 Å². The predicted octanol–water partition coefficient (Wildman–Crippen LogP) is 3.75. The van der Waals surface area contributed by atoms with E-state index in [4.69, 9.17) is 25.8 Å². The molecular formula is C29H36ClN5O6S. The first-order valence-corrected chi connectivity index (χ1v) is 14.8. The van der Waals surface area contributed by atoms with E-state index in [1.54, 1.807) is 35.5 Å². The molecule has 0 saturated carbocycles. The van der Waals surface area contributed by atoms with Crippen LogP contribution in [-0.4, -0.2) is 72.3 Å². The Morgan fingerprint density at radius 1 is 1.29 bits per heavy atom. The molecule has 1 aromatic heterocycles. The summed E-state index contributed by atoms with van der Waals surface area (Å²) in [6.07, 6.45) is 3.28. The fourth-order valence-electron chi connectivity index (χ4n) is 4.35. The highest BCUT2D eigenvalue weighted by molar-refractivity contribution is 7.98. The highest BCUT2D eigenvalue weighted by atomic mass is 35.5. The van der Waals surface area contributed by atoms with Gasteiger partial charge in [-0.15, -0.1) is 0 Å². The minimum Gasteiger partial charge on any atom is -0.489 e. The van der Waals surface area contributed by atoms with E-state index in [2.05, 4.69) is 20.3 Å². The van der Waals surface area contributed by atoms with Crippen molar-refractivity contribution in [2.24, 2.45) is 0 Å². The molecular weight excluding hydrogens is 582 g/mol. The molecule has 3 amide bonds. The molecule has 0 bridgehead atoms. The summed E-state index contributed by atoms with van der Waals surface area (Å²) >= 11 is 7.30. The SMILES string of the molecule is Cc1c(Cl)cccc1SNC(=O)C1=C(NCc2ccncc2OC[C@H]2COCCN2C(=O)OC(C)(C)C)CCNC1=O. The second kappa shape index (κ2) is 14.1. The second-order valence-electron chi connectivity index (χ2n) is 10.8. The first-order valence-electron chi connectivity index (χ1n) is 13.6. The Morgan fingerprint density at radius 3 is 2.88 bits per heavy atom. The Hall–Kier alpha value is -3.48. The molecule has 0 unspecified atom stereocenters. The number of carbonyl (C=O) groups is 3. The van der Waals surface area contributed by atoms with Gasteiger partial charge in [0.15, 0.2) is 0 Å². The van der Waals surface area contributed by atoms with Gasteiger partial charge in [-0.1, -0.05) is 17.7 Å². The van der Waals surface area contributed by atoms with Crippen LogP contribution in [0.1, 0.15) is 38.3 Å². The highest BCUT2D eigenvalue weighted by Crippen LogP contribution is 2.27. The molecule has 0 aliphatic carbocycles. The average Bonchev–Trinajstić information content (AvgIpc) is 2.95. The number of pyridine rings is 1. The van der Waals surface area contributed by atoms with E-state index in [1.807, 2.05) is 33.8 Å². The zero-order chi connectivity index (χ0) is 30.3. The first kappa shape index (κ1) is 31.5. The third-order valence-corrected chi connectivity index (χ3v) is 7.90. The summed E-state index contributed by atoms with van der Waals surface area (Å²) in [5.74, 6) is -0.446. The number of rotatable bonds is 9. The number of aromatic nitrogens is 1.